The quantitative estimate of drug-likeness (QED) is 0.896. The molecule has 6 heteroatoms. The van der Waals surface area contributed by atoms with E-state index in [2.05, 4.69) is 5.32 Å². The van der Waals surface area contributed by atoms with Gasteiger partial charge in [0, 0.05) is 0 Å². The standard InChI is InChI=1S/C14H17Cl2NO3/c1-14(2,3)12(13(19)20)17-11(18)7-8-4-5-9(15)10(16)6-8/h4-6,12H,7H2,1-3H3,(H,17,18)(H,19,20). The largest absolute Gasteiger partial charge is 0.480 e. The average Bonchev–Trinajstić information content (AvgIpc) is 2.29. The lowest BCUT2D eigenvalue weighted by Crippen LogP contribution is -2.49. The first-order valence-electron chi connectivity index (χ1n) is 6.07. The molecule has 4 nitrogen and oxygen atoms in total. The van der Waals surface area contributed by atoms with E-state index in [0.717, 1.165) is 0 Å². The fraction of sp³-hybridized carbons (Fsp3) is 0.429. The van der Waals surface area contributed by atoms with Gasteiger partial charge in [0.1, 0.15) is 6.04 Å². The van der Waals surface area contributed by atoms with Gasteiger partial charge in [-0.05, 0) is 23.1 Å². The van der Waals surface area contributed by atoms with Gasteiger partial charge in [-0.3, -0.25) is 4.79 Å². The van der Waals surface area contributed by atoms with Crippen LogP contribution >= 0.6 is 23.2 Å². The van der Waals surface area contributed by atoms with Crippen LogP contribution in [0.5, 0.6) is 0 Å². The van der Waals surface area contributed by atoms with Crippen LogP contribution in [0.4, 0.5) is 0 Å². The topological polar surface area (TPSA) is 66.4 Å². The molecule has 1 aromatic carbocycles. The zero-order valence-corrected chi connectivity index (χ0v) is 13.0. The number of halogens is 2. The zero-order valence-electron chi connectivity index (χ0n) is 11.5. The molecule has 0 radical (unpaired) electrons. The summed E-state index contributed by atoms with van der Waals surface area (Å²) in [6.45, 7) is 5.27. The Bertz CT molecular complexity index is 524. The van der Waals surface area contributed by atoms with Gasteiger partial charge in [-0.15, -0.1) is 0 Å². The Hall–Kier alpha value is -1.26. The molecule has 0 aliphatic heterocycles. The highest BCUT2D eigenvalue weighted by Crippen LogP contribution is 2.23. The van der Waals surface area contributed by atoms with Crippen molar-refractivity contribution in [2.24, 2.45) is 5.41 Å². The summed E-state index contributed by atoms with van der Waals surface area (Å²) in [4.78, 5) is 23.1. The molecule has 2 N–H and O–H groups in total. The van der Waals surface area contributed by atoms with Crippen LogP contribution in [-0.2, 0) is 16.0 Å². The van der Waals surface area contributed by atoms with Crippen LogP contribution in [0, 0.1) is 5.41 Å². The number of hydrogen-bond acceptors (Lipinski definition) is 2. The van der Waals surface area contributed by atoms with E-state index in [0.29, 0.717) is 15.6 Å². The Morgan fingerprint density at radius 3 is 2.30 bits per heavy atom. The molecule has 0 saturated heterocycles. The average molecular weight is 318 g/mol. The summed E-state index contributed by atoms with van der Waals surface area (Å²) in [5.41, 5.74) is 0.106. The number of amides is 1. The van der Waals surface area contributed by atoms with Crippen molar-refractivity contribution in [2.75, 3.05) is 0 Å². The number of hydrogen-bond donors (Lipinski definition) is 2. The lowest BCUT2D eigenvalue weighted by molar-refractivity contribution is -0.144. The first kappa shape index (κ1) is 16.8. The third-order valence-corrected chi connectivity index (χ3v) is 3.51. The lowest BCUT2D eigenvalue weighted by Gasteiger charge is -2.27. The van der Waals surface area contributed by atoms with Crippen molar-refractivity contribution in [1.29, 1.82) is 0 Å². The molecule has 0 aliphatic rings. The Morgan fingerprint density at radius 1 is 1.25 bits per heavy atom. The normalized spacial score (nSPS) is 12.8. The number of aliphatic carboxylic acids is 1. The summed E-state index contributed by atoms with van der Waals surface area (Å²) in [5.74, 6) is -1.43. The van der Waals surface area contributed by atoms with Crippen molar-refractivity contribution >= 4 is 35.1 Å². The monoisotopic (exact) mass is 317 g/mol. The van der Waals surface area contributed by atoms with Crippen molar-refractivity contribution in [3.8, 4) is 0 Å². The second-order valence-electron chi connectivity index (χ2n) is 5.63. The van der Waals surface area contributed by atoms with Crippen LogP contribution in [0.1, 0.15) is 26.3 Å². The van der Waals surface area contributed by atoms with Gasteiger partial charge in [0.15, 0.2) is 0 Å². The van der Waals surface area contributed by atoms with Crippen LogP contribution in [0.25, 0.3) is 0 Å². The minimum Gasteiger partial charge on any atom is -0.480 e. The third kappa shape index (κ3) is 4.69. The Kier molecular flexibility index (Phi) is 5.42. The van der Waals surface area contributed by atoms with Crippen LogP contribution in [0.15, 0.2) is 18.2 Å². The summed E-state index contributed by atoms with van der Waals surface area (Å²) in [6, 6.07) is 3.93. The number of carboxylic acids is 1. The van der Waals surface area contributed by atoms with Crippen molar-refractivity contribution < 1.29 is 14.7 Å². The van der Waals surface area contributed by atoms with E-state index in [1.165, 1.54) is 0 Å². The number of benzene rings is 1. The molecular formula is C14H17Cl2NO3. The van der Waals surface area contributed by atoms with Crippen molar-refractivity contribution in [1.82, 2.24) is 5.32 Å². The zero-order chi connectivity index (χ0) is 15.5. The number of carbonyl (C=O) groups excluding carboxylic acids is 1. The number of carbonyl (C=O) groups is 2. The fourth-order valence-electron chi connectivity index (χ4n) is 1.70. The first-order chi connectivity index (χ1) is 9.11. The Balaban J connectivity index is 2.76. The second-order valence-corrected chi connectivity index (χ2v) is 6.44. The predicted octanol–water partition coefficient (Wildman–Crippen LogP) is 3.15. The number of rotatable bonds is 4. The number of carboxylic acid groups (broad SMARTS) is 1. The molecule has 1 rings (SSSR count). The van der Waals surface area contributed by atoms with E-state index >= 15 is 0 Å². The van der Waals surface area contributed by atoms with Crippen molar-refractivity contribution in [3.05, 3.63) is 33.8 Å². The minimum atomic E-state index is -1.06. The molecular weight excluding hydrogens is 301 g/mol. The van der Waals surface area contributed by atoms with Gasteiger partial charge in [-0.25, -0.2) is 4.79 Å². The molecule has 0 fully saturated rings. The van der Waals surface area contributed by atoms with E-state index in [4.69, 9.17) is 28.3 Å². The smallest absolute Gasteiger partial charge is 0.326 e. The first-order valence-corrected chi connectivity index (χ1v) is 6.83. The highest BCUT2D eigenvalue weighted by atomic mass is 35.5. The van der Waals surface area contributed by atoms with Gasteiger partial charge in [0.05, 0.1) is 16.5 Å². The molecule has 0 spiro atoms. The van der Waals surface area contributed by atoms with Crippen LogP contribution < -0.4 is 5.32 Å². The van der Waals surface area contributed by atoms with Gasteiger partial charge in [-0.2, -0.15) is 0 Å². The van der Waals surface area contributed by atoms with Gasteiger partial charge in [0.2, 0.25) is 5.91 Å². The SMILES string of the molecule is CC(C)(C)C(NC(=O)Cc1ccc(Cl)c(Cl)c1)C(=O)O. The second kappa shape index (κ2) is 6.46. The third-order valence-electron chi connectivity index (χ3n) is 2.77. The van der Waals surface area contributed by atoms with E-state index in [-0.39, 0.29) is 12.3 Å². The lowest BCUT2D eigenvalue weighted by atomic mass is 9.86. The van der Waals surface area contributed by atoms with Crippen LogP contribution in [0.3, 0.4) is 0 Å². The van der Waals surface area contributed by atoms with E-state index in [1.54, 1.807) is 39.0 Å². The Labute approximate surface area is 128 Å². The molecule has 1 amide bonds. The summed E-state index contributed by atoms with van der Waals surface area (Å²) in [5, 5.41) is 12.5. The van der Waals surface area contributed by atoms with E-state index < -0.39 is 17.4 Å². The molecule has 0 aromatic heterocycles. The molecule has 1 unspecified atom stereocenters. The van der Waals surface area contributed by atoms with Crippen molar-refractivity contribution in [3.63, 3.8) is 0 Å². The van der Waals surface area contributed by atoms with Gasteiger partial charge >= 0.3 is 5.97 Å². The van der Waals surface area contributed by atoms with E-state index in [9.17, 15) is 9.59 Å². The molecule has 110 valence electrons. The Morgan fingerprint density at radius 2 is 1.85 bits per heavy atom. The highest BCUT2D eigenvalue weighted by Gasteiger charge is 2.32. The molecule has 1 atom stereocenters. The van der Waals surface area contributed by atoms with Crippen LogP contribution in [-0.4, -0.2) is 23.0 Å². The number of nitrogens with one attached hydrogen (secondary N) is 1. The molecule has 0 saturated carbocycles. The maximum atomic E-state index is 11.9. The minimum absolute atomic E-state index is 0.0523. The summed E-state index contributed by atoms with van der Waals surface area (Å²) >= 11 is 11.7. The van der Waals surface area contributed by atoms with Gasteiger partial charge in [-0.1, -0.05) is 50.0 Å². The molecule has 0 bridgehead atoms. The van der Waals surface area contributed by atoms with Crippen LogP contribution in [0.2, 0.25) is 10.0 Å². The molecule has 0 heterocycles. The molecule has 1 aromatic rings. The highest BCUT2D eigenvalue weighted by molar-refractivity contribution is 6.42. The molecule has 0 aliphatic carbocycles. The fourth-order valence-corrected chi connectivity index (χ4v) is 2.02. The van der Waals surface area contributed by atoms with E-state index in [1.807, 2.05) is 0 Å². The summed E-state index contributed by atoms with van der Waals surface area (Å²) in [7, 11) is 0. The summed E-state index contributed by atoms with van der Waals surface area (Å²) < 4.78 is 0. The van der Waals surface area contributed by atoms with Gasteiger partial charge in [0.25, 0.3) is 0 Å². The summed E-state index contributed by atoms with van der Waals surface area (Å²) in [6.07, 6.45) is 0.0523. The maximum Gasteiger partial charge on any atom is 0.326 e. The van der Waals surface area contributed by atoms with Gasteiger partial charge < -0.3 is 10.4 Å². The van der Waals surface area contributed by atoms with Crippen molar-refractivity contribution in [2.45, 2.75) is 33.2 Å². The molecule has 20 heavy (non-hydrogen) atoms. The predicted molar refractivity (Wildman–Crippen MR) is 79.2 cm³/mol. The maximum absolute atomic E-state index is 11.9.